The molecule has 2 aromatic carbocycles. The Morgan fingerprint density at radius 3 is 2.61 bits per heavy atom. The van der Waals surface area contributed by atoms with Crippen molar-refractivity contribution in [2.45, 2.75) is 45.1 Å². The highest BCUT2D eigenvalue weighted by Crippen LogP contribution is 2.26. The molecule has 2 N–H and O–H groups in total. The lowest BCUT2D eigenvalue weighted by atomic mass is 10.0. The summed E-state index contributed by atoms with van der Waals surface area (Å²) in [7, 11) is 0. The molecule has 2 heterocycles. The summed E-state index contributed by atoms with van der Waals surface area (Å²) in [6, 6.07) is 14.0. The van der Waals surface area contributed by atoms with Gasteiger partial charge in [0, 0.05) is 36.3 Å². The molecule has 7 nitrogen and oxygen atoms in total. The standard InChI is InChI=1S/C24H29FN2O3.CH2O2/c1-16(2)23-13-27-12-19(11-20(27)15-30-23)26-24(28)17-7-9-21(10-8-17)29-14-18-5-3-4-6-22(18)25;2-1-3/h3-10,16,19-20,23H,11-15H2,1-2H3,(H,26,28);1H,(H,2,3)/t19-,20-,23+;/m0./s1. The predicted molar refractivity (Wildman–Crippen MR) is 122 cm³/mol. The van der Waals surface area contributed by atoms with Gasteiger partial charge in [-0.3, -0.25) is 14.5 Å². The summed E-state index contributed by atoms with van der Waals surface area (Å²) in [5, 5.41) is 10.0. The molecule has 2 aliphatic heterocycles. The monoisotopic (exact) mass is 458 g/mol. The Bertz CT molecular complexity index is 921. The minimum atomic E-state index is -0.286. The van der Waals surface area contributed by atoms with Crippen molar-refractivity contribution in [2.24, 2.45) is 5.92 Å². The van der Waals surface area contributed by atoms with E-state index in [1.54, 1.807) is 42.5 Å². The Morgan fingerprint density at radius 2 is 1.94 bits per heavy atom. The molecule has 1 amide bonds. The number of carbonyl (C=O) groups is 2. The highest BCUT2D eigenvalue weighted by Gasteiger charge is 2.38. The van der Waals surface area contributed by atoms with Crippen LogP contribution in [-0.2, 0) is 16.1 Å². The van der Waals surface area contributed by atoms with E-state index in [-0.39, 0.29) is 36.9 Å². The first kappa shape index (κ1) is 24.7. The van der Waals surface area contributed by atoms with Crippen LogP contribution >= 0.6 is 0 Å². The van der Waals surface area contributed by atoms with Gasteiger partial charge in [-0.25, -0.2) is 4.39 Å². The molecule has 0 spiro atoms. The number of ether oxygens (including phenoxy) is 2. The second-order valence-corrected chi connectivity index (χ2v) is 8.64. The van der Waals surface area contributed by atoms with Crippen LogP contribution in [0.5, 0.6) is 5.75 Å². The van der Waals surface area contributed by atoms with Gasteiger partial charge in [0.25, 0.3) is 12.4 Å². The van der Waals surface area contributed by atoms with Gasteiger partial charge in [0.15, 0.2) is 0 Å². The number of morpholine rings is 1. The van der Waals surface area contributed by atoms with E-state index >= 15 is 0 Å². The van der Waals surface area contributed by atoms with Crippen molar-refractivity contribution >= 4 is 12.4 Å². The van der Waals surface area contributed by atoms with Crippen LogP contribution in [0.2, 0.25) is 0 Å². The quantitative estimate of drug-likeness (QED) is 0.646. The number of fused-ring (bicyclic) bond motifs is 1. The number of carbonyl (C=O) groups excluding carboxylic acids is 1. The van der Waals surface area contributed by atoms with Crippen LogP contribution < -0.4 is 10.1 Å². The molecule has 2 aliphatic rings. The maximum Gasteiger partial charge on any atom is 0.290 e. The topological polar surface area (TPSA) is 88.1 Å². The molecule has 0 bridgehead atoms. The van der Waals surface area contributed by atoms with Crippen LogP contribution in [0.3, 0.4) is 0 Å². The molecule has 0 aliphatic carbocycles. The van der Waals surface area contributed by atoms with Crippen LogP contribution in [0.15, 0.2) is 48.5 Å². The van der Waals surface area contributed by atoms with Gasteiger partial charge in [-0.1, -0.05) is 32.0 Å². The van der Waals surface area contributed by atoms with E-state index in [0.29, 0.717) is 28.8 Å². The van der Waals surface area contributed by atoms with E-state index in [1.165, 1.54) is 6.07 Å². The van der Waals surface area contributed by atoms with Crippen molar-refractivity contribution in [3.05, 3.63) is 65.5 Å². The maximum atomic E-state index is 13.7. The average Bonchev–Trinajstić information content (AvgIpc) is 3.21. The Kier molecular flexibility index (Phi) is 8.79. The van der Waals surface area contributed by atoms with Gasteiger partial charge in [-0.05, 0) is 42.7 Å². The van der Waals surface area contributed by atoms with Crippen molar-refractivity contribution in [1.29, 1.82) is 0 Å². The molecule has 2 fully saturated rings. The molecule has 2 aromatic rings. The smallest absolute Gasteiger partial charge is 0.290 e. The fraction of sp³-hybridized carbons (Fsp3) is 0.440. The van der Waals surface area contributed by atoms with Crippen LogP contribution in [0.1, 0.15) is 36.2 Å². The third-order valence-electron chi connectivity index (χ3n) is 5.99. The molecule has 4 rings (SSSR count). The van der Waals surface area contributed by atoms with Crippen molar-refractivity contribution < 1.29 is 28.6 Å². The molecular weight excluding hydrogens is 427 g/mol. The van der Waals surface area contributed by atoms with Gasteiger partial charge in [-0.2, -0.15) is 0 Å². The number of benzene rings is 2. The van der Waals surface area contributed by atoms with Gasteiger partial charge in [0.05, 0.1) is 12.7 Å². The zero-order chi connectivity index (χ0) is 23.8. The fourth-order valence-corrected chi connectivity index (χ4v) is 4.16. The molecule has 8 heteroatoms. The lowest BCUT2D eigenvalue weighted by Crippen LogP contribution is -2.48. The van der Waals surface area contributed by atoms with Crippen LogP contribution in [0.4, 0.5) is 4.39 Å². The number of nitrogens with zero attached hydrogens (tertiary/aromatic N) is 1. The number of nitrogens with one attached hydrogen (secondary N) is 1. The molecule has 0 saturated carbocycles. The first-order valence-electron chi connectivity index (χ1n) is 11.1. The fourth-order valence-electron chi connectivity index (χ4n) is 4.16. The number of hydrogen-bond donors (Lipinski definition) is 2. The summed E-state index contributed by atoms with van der Waals surface area (Å²) in [5.74, 6) is 0.733. The van der Waals surface area contributed by atoms with Gasteiger partial charge in [-0.15, -0.1) is 0 Å². The summed E-state index contributed by atoms with van der Waals surface area (Å²) in [6.45, 7) is 6.81. The van der Waals surface area contributed by atoms with Gasteiger partial charge in [0.1, 0.15) is 18.2 Å². The molecule has 0 unspecified atom stereocenters. The molecule has 0 radical (unpaired) electrons. The van der Waals surface area contributed by atoms with Crippen molar-refractivity contribution in [1.82, 2.24) is 10.2 Å². The molecule has 2 saturated heterocycles. The van der Waals surface area contributed by atoms with E-state index in [4.69, 9.17) is 19.4 Å². The molecule has 178 valence electrons. The van der Waals surface area contributed by atoms with Crippen LogP contribution in [-0.4, -0.2) is 60.3 Å². The van der Waals surface area contributed by atoms with Gasteiger partial charge < -0.3 is 19.9 Å². The summed E-state index contributed by atoms with van der Waals surface area (Å²) in [4.78, 5) is 23.5. The number of hydrogen-bond acceptors (Lipinski definition) is 5. The second kappa shape index (κ2) is 11.8. The summed E-state index contributed by atoms with van der Waals surface area (Å²) >= 11 is 0. The predicted octanol–water partition coefficient (Wildman–Crippen LogP) is 3.33. The van der Waals surface area contributed by atoms with E-state index in [1.807, 2.05) is 0 Å². The van der Waals surface area contributed by atoms with E-state index in [2.05, 4.69) is 24.1 Å². The Hall–Kier alpha value is -2.97. The molecule has 0 aromatic heterocycles. The SMILES string of the molecule is CC(C)[C@H]1CN2C[C@@H](NC(=O)c3ccc(OCc4ccccc4F)cc3)C[C@H]2CO1.O=CO. The number of carboxylic acid groups (broad SMARTS) is 1. The third kappa shape index (κ3) is 6.76. The highest BCUT2D eigenvalue weighted by molar-refractivity contribution is 5.94. The van der Waals surface area contributed by atoms with Crippen molar-refractivity contribution in [3.63, 3.8) is 0 Å². The lowest BCUT2D eigenvalue weighted by molar-refractivity contribution is -0.122. The maximum absolute atomic E-state index is 13.7. The summed E-state index contributed by atoms with van der Waals surface area (Å²) in [6.07, 6.45) is 1.19. The number of amides is 1. The number of rotatable bonds is 6. The van der Waals surface area contributed by atoms with Crippen molar-refractivity contribution in [2.75, 3.05) is 19.7 Å². The lowest BCUT2D eigenvalue weighted by Gasteiger charge is -2.36. The van der Waals surface area contributed by atoms with Gasteiger partial charge in [0.2, 0.25) is 0 Å². The third-order valence-corrected chi connectivity index (χ3v) is 5.99. The zero-order valence-electron chi connectivity index (χ0n) is 18.9. The van der Waals surface area contributed by atoms with E-state index < -0.39 is 0 Å². The number of halogens is 1. The first-order chi connectivity index (χ1) is 15.9. The second-order valence-electron chi connectivity index (χ2n) is 8.64. The zero-order valence-corrected chi connectivity index (χ0v) is 18.9. The minimum Gasteiger partial charge on any atom is -0.489 e. The Morgan fingerprint density at radius 1 is 1.24 bits per heavy atom. The molecule has 33 heavy (non-hydrogen) atoms. The summed E-state index contributed by atoms with van der Waals surface area (Å²) < 4.78 is 25.3. The Balaban J connectivity index is 0.000000968. The normalized spacial score (nSPS) is 22.1. The highest BCUT2D eigenvalue weighted by atomic mass is 19.1. The van der Waals surface area contributed by atoms with E-state index in [0.717, 1.165) is 26.1 Å². The Labute approximate surface area is 193 Å². The molecule has 3 atom stereocenters. The van der Waals surface area contributed by atoms with Gasteiger partial charge >= 0.3 is 0 Å². The average molecular weight is 459 g/mol. The summed E-state index contributed by atoms with van der Waals surface area (Å²) in [5.41, 5.74) is 1.09. The van der Waals surface area contributed by atoms with Crippen LogP contribution in [0, 0.1) is 11.7 Å². The largest absolute Gasteiger partial charge is 0.489 e. The minimum absolute atomic E-state index is 0.0816. The van der Waals surface area contributed by atoms with E-state index in [9.17, 15) is 9.18 Å². The molecular formula is C25H31FN2O5. The van der Waals surface area contributed by atoms with Crippen molar-refractivity contribution in [3.8, 4) is 5.75 Å². The first-order valence-corrected chi connectivity index (χ1v) is 11.1. The van der Waals surface area contributed by atoms with Crippen LogP contribution in [0.25, 0.3) is 0 Å².